The van der Waals surface area contributed by atoms with E-state index in [0.717, 1.165) is 27.5 Å². The van der Waals surface area contributed by atoms with Crippen LogP contribution in [0.4, 0.5) is 0 Å². The van der Waals surface area contributed by atoms with E-state index in [-0.39, 0.29) is 64.0 Å². The smallest absolute Gasteiger partial charge is 0.238 e. The second-order valence-corrected chi connectivity index (χ2v) is 10.4. The van der Waals surface area contributed by atoms with Crippen molar-refractivity contribution in [3.63, 3.8) is 0 Å². The number of rotatable bonds is 4. The second kappa shape index (κ2) is 9.75. The number of hydrogen-bond donors (Lipinski definition) is 0. The van der Waals surface area contributed by atoms with E-state index in [0.29, 0.717) is 28.4 Å². The van der Waals surface area contributed by atoms with Crippen molar-refractivity contribution in [3.05, 3.63) is 145 Å². The summed E-state index contributed by atoms with van der Waals surface area (Å²) in [7, 11) is 0. The van der Waals surface area contributed by atoms with E-state index in [1.54, 1.807) is 0 Å². The Morgan fingerprint density at radius 3 is 1.89 bits per heavy atom. The number of aromatic nitrogens is 4. The zero-order valence-corrected chi connectivity index (χ0v) is 23.1. The van der Waals surface area contributed by atoms with Gasteiger partial charge in [0.25, 0.3) is 0 Å². The molecule has 0 spiro atoms. The van der Waals surface area contributed by atoms with Gasteiger partial charge in [0, 0.05) is 38.2 Å². The van der Waals surface area contributed by atoms with Gasteiger partial charge in [0.15, 0.2) is 11.6 Å². The molecule has 44 heavy (non-hydrogen) atoms. The van der Waals surface area contributed by atoms with Crippen LogP contribution < -0.4 is 0 Å². The normalized spacial score (nSPS) is 13.5. The van der Waals surface area contributed by atoms with Gasteiger partial charge in [-0.3, -0.25) is 4.57 Å². The Morgan fingerprint density at radius 1 is 0.523 bits per heavy atom. The molecule has 3 aromatic heterocycles. The molecule has 9 aromatic rings. The molecular formula is C39H24N4O. The molecule has 0 atom stereocenters. The average Bonchev–Trinajstić information content (AvgIpc) is 3.71. The lowest BCUT2D eigenvalue weighted by molar-refractivity contribution is 0.670. The summed E-state index contributed by atoms with van der Waals surface area (Å²) in [6, 6.07) is 32.8. The van der Waals surface area contributed by atoms with Crippen molar-refractivity contribution in [1.29, 1.82) is 0 Å². The lowest BCUT2D eigenvalue weighted by atomic mass is 10.0. The van der Waals surface area contributed by atoms with Crippen LogP contribution in [0.2, 0.25) is 0 Å². The van der Waals surface area contributed by atoms with Crippen molar-refractivity contribution < 1.29 is 12.6 Å². The highest BCUT2D eigenvalue weighted by molar-refractivity contribution is 6.11. The molecule has 206 valence electrons. The Bertz CT molecular complexity index is 2760. The van der Waals surface area contributed by atoms with E-state index in [9.17, 15) is 0 Å². The first-order valence-corrected chi connectivity index (χ1v) is 14.1. The van der Waals surface area contributed by atoms with Crippen molar-refractivity contribution in [1.82, 2.24) is 19.5 Å². The molecule has 0 saturated heterocycles. The molecule has 5 heteroatoms. The third-order valence-electron chi connectivity index (χ3n) is 7.82. The topological polar surface area (TPSA) is 56.7 Å². The van der Waals surface area contributed by atoms with E-state index in [1.165, 1.54) is 16.7 Å². The van der Waals surface area contributed by atoms with Gasteiger partial charge in [0.1, 0.15) is 11.2 Å². The van der Waals surface area contributed by atoms with Gasteiger partial charge in [0.05, 0.1) is 19.3 Å². The first-order valence-electron chi connectivity index (χ1n) is 17.1. The summed E-state index contributed by atoms with van der Waals surface area (Å²) < 4.78 is 60.0. The quantitative estimate of drug-likeness (QED) is 0.211. The van der Waals surface area contributed by atoms with E-state index < -0.39 is 0 Å². The van der Waals surface area contributed by atoms with Crippen molar-refractivity contribution >= 4 is 43.7 Å². The van der Waals surface area contributed by atoms with Crippen LogP contribution in [-0.4, -0.2) is 19.5 Å². The molecule has 0 radical (unpaired) electrons. The molecule has 5 nitrogen and oxygen atoms in total. The van der Waals surface area contributed by atoms with Crippen molar-refractivity contribution in [2.45, 2.75) is 0 Å². The van der Waals surface area contributed by atoms with Crippen molar-refractivity contribution in [2.24, 2.45) is 0 Å². The molecule has 0 aliphatic rings. The van der Waals surface area contributed by atoms with Crippen molar-refractivity contribution in [2.75, 3.05) is 0 Å². The molecule has 6 aromatic carbocycles. The minimum atomic E-state index is -0.206. The van der Waals surface area contributed by atoms with Crippen LogP contribution in [0.3, 0.4) is 0 Å². The Labute approximate surface area is 261 Å². The zero-order chi connectivity index (χ0) is 34.3. The predicted molar refractivity (Wildman–Crippen MR) is 178 cm³/mol. The Hall–Kier alpha value is -6.07. The number of para-hydroxylation sites is 3. The molecule has 0 amide bonds. The van der Waals surface area contributed by atoms with Gasteiger partial charge in [-0.2, -0.15) is 9.97 Å². The van der Waals surface area contributed by atoms with Gasteiger partial charge in [-0.05, 0) is 35.8 Å². The number of hydrogen-bond acceptors (Lipinski definition) is 4. The molecule has 3 heterocycles. The average molecular weight is 571 g/mol. The molecule has 0 aliphatic heterocycles. The highest BCUT2D eigenvalue weighted by atomic mass is 16.3. The Morgan fingerprint density at radius 2 is 1.18 bits per heavy atom. The molecule has 0 unspecified atom stereocenters. The minimum absolute atomic E-state index is 0.0774. The number of benzene rings is 6. The van der Waals surface area contributed by atoms with Gasteiger partial charge >= 0.3 is 0 Å². The van der Waals surface area contributed by atoms with Crippen LogP contribution in [-0.2, 0) is 0 Å². The van der Waals surface area contributed by atoms with Crippen LogP contribution in [0.5, 0.6) is 0 Å². The van der Waals surface area contributed by atoms with E-state index in [2.05, 4.69) is 0 Å². The monoisotopic (exact) mass is 570 g/mol. The van der Waals surface area contributed by atoms with Crippen LogP contribution in [0.1, 0.15) is 8.22 Å². The Balaban J connectivity index is 1.34. The van der Waals surface area contributed by atoms with E-state index in [1.807, 2.05) is 97.1 Å². The highest BCUT2D eigenvalue weighted by Gasteiger charge is 2.19. The molecule has 0 fully saturated rings. The van der Waals surface area contributed by atoms with E-state index >= 15 is 0 Å². The SMILES string of the molecule is [2H]c1cc([2H])c2c(c1[2H])c1c([2H])c([2H])cc([2H])c1n2-c1nc(-c2ccccc2)nc(-c2ccc3oc4c(-c5ccccc5)cccc4c3c2)n1. The Kier molecular flexibility index (Phi) is 4.25. The summed E-state index contributed by atoms with van der Waals surface area (Å²) in [5, 5.41) is 2.08. The fraction of sp³-hybridized carbons (Fsp3) is 0. The molecular weight excluding hydrogens is 540 g/mol. The lowest BCUT2D eigenvalue weighted by Crippen LogP contribution is -2.06. The zero-order valence-electron chi connectivity index (χ0n) is 29.1. The summed E-state index contributed by atoms with van der Waals surface area (Å²) in [4.78, 5) is 14.7. The summed E-state index contributed by atoms with van der Waals surface area (Å²) in [6.45, 7) is 0. The van der Waals surface area contributed by atoms with Crippen LogP contribution in [0.25, 0.3) is 83.6 Å². The summed E-state index contributed by atoms with van der Waals surface area (Å²) in [6.07, 6.45) is 0. The highest BCUT2D eigenvalue weighted by Crippen LogP contribution is 2.38. The fourth-order valence-electron chi connectivity index (χ4n) is 5.81. The second-order valence-electron chi connectivity index (χ2n) is 10.4. The van der Waals surface area contributed by atoms with Crippen molar-refractivity contribution in [3.8, 4) is 39.9 Å². The predicted octanol–water partition coefficient (Wildman–Crippen LogP) is 9.87. The molecule has 0 aliphatic carbocycles. The first kappa shape index (κ1) is 19.2. The first-order chi connectivity index (χ1) is 24.3. The molecule has 0 saturated carbocycles. The lowest BCUT2D eigenvalue weighted by Gasteiger charge is -2.11. The third kappa shape index (κ3) is 3.83. The summed E-state index contributed by atoms with van der Waals surface area (Å²) in [5.74, 6) is 0.742. The maximum Gasteiger partial charge on any atom is 0.238 e. The fourth-order valence-corrected chi connectivity index (χ4v) is 5.81. The molecule has 9 rings (SSSR count). The number of nitrogens with zero attached hydrogens (tertiary/aromatic N) is 4. The maximum atomic E-state index is 8.91. The third-order valence-corrected chi connectivity index (χ3v) is 7.82. The number of fused-ring (bicyclic) bond motifs is 6. The van der Waals surface area contributed by atoms with Gasteiger partial charge in [0.2, 0.25) is 5.95 Å². The van der Waals surface area contributed by atoms with E-state index in [4.69, 9.17) is 27.6 Å². The summed E-state index contributed by atoms with van der Waals surface area (Å²) >= 11 is 0. The standard InChI is InChI=1S/C39H24N4O/c1-3-12-25(13-4-1)28-18-11-19-31-32-24-27(22-23-35(32)44-36(28)31)38-40-37(26-14-5-2-6-15-26)41-39(42-38)43-33-20-9-7-16-29(33)30-17-8-10-21-34(30)43/h1-24H/i7D,8D,16D,17D,20D,21D. The van der Waals surface area contributed by atoms with Gasteiger partial charge in [-0.1, -0.05) is 115 Å². The van der Waals surface area contributed by atoms with Crippen LogP contribution >= 0.6 is 0 Å². The molecule has 0 N–H and O–H groups in total. The van der Waals surface area contributed by atoms with Crippen LogP contribution in [0, 0.1) is 0 Å². The summed E-state index contributed by atoms with van der Waals surface area (Å²) in [5.41, 5.74) is 5.23. The van der Waals surface area contributed by atoms with Gasteiger partial charge in [-0.15, -0.1) is 0 Å². The molecule has 0 bridgehead atoms. The van der Waals surface area contributed by atoms with Gasteiger partial charge in [-0.25, -0.2) is 4.98 Å². The maximum absolute atomic E-state index is 8.91. The van der Waals surface area contributed by atoms with Gasteiger partial charge < -0.3 is 4.42 Å². The van der Waals surface area contributed by atoms with Crippen LogP contribution in [0.15, 0.2) is 150 Å². The largest absolute Gasteiger partial charge is 0.455 e. The number of furan rings is 1. The minimum Gasteiger partial charge on any atom is -0.455 e.